The zero-order valence-corrected chi connectivity index (χ0v) is 17.7. The van der Waals surface area contributed by atoms with Crippen LogP contribution < -0.4 is 9.47 Å². The topological polar surface area (TPSA) is 66.2 Å². The highest BCUT2D eigenvalue weighted by Crippen LogP contribution is 2.46. The Morgan fingerprint density at radius 2 is 1.61 bits per heavy atom. The molecule has 0 bridgehead atoms. The average Bonchev–Trinajstić information content (AvgIpc) is 3.54. The molecule has 3 aromatic carbocycles. The van der Waals surface area contributed by atoms with E-state index in [1.54, 1.807) is 0 Å². The number of aromatic nitrogens is 3. The van der Waals surface area contributed by atoms with Gasteiger partial charge >= 0.3 is 0 Å². The summed E-state index contributed by atoms with van der Waals surface area (Å²) in [5.41, 5.74) is 6.96. The first-order chi connectivity index (χ1) is 16.2. The first kappa shape index (κ1) is 18.2. The van der Waals surface area contributed by atoms with E-state index in [1.807, 2.05) is 84.4 Å². The predicted molar refractivity (Wildman–Crippen MR) is 124 cm³/mol. The van der Waals surface area contributed by atoms with Crippen molar-refractivity contribution in [2.24, 2.45) is 0 Å². The zero-order valence-electron chi connectivity index (χ0n) is 17.7. The van der Waals surface area contributed by atoms with Crippen LogP contribution in [0.3, 0.4) is 0 Å². The summed E-state index contributed by atoms with van der Waals surface area (Å²) in [5, 5.41) is 5.69. The number of aryl methyl sites for hydroxylation is 1. The normalized spacial score (nSPS) is 13.4. The molecular weight excluding hydrogens is 414 g/mol. The molecule has 0 fully saturated rings. The number of fused-ring (bicyclic) bond motifs is 5. The number of nitrogens with zero attached hydrogens (tertiary/aromatic N) is 3. The van der Waals surface area contributed by atoms with Crippen LogP contribution in [0.2, 0.25) is 0 Å². The number of benzene rings is 3. The van der Waals surface area contributed by atoms with Crippen molar-refractivity contribution >= 4 is 16.8 Å². The van der Waals surface area contributed by atoms with Crippen LogP contribution in [0.25, 0.3) is 39.1 Å². The van der Waals surface area contributed by atoms with E-state index in [0.717, 1.165) is 39.1 Å². The number of carbonyl (C=O) groups is 1. The predicted octanol–water partition coefficient (Wildman–Crippen LogP) is 5.34. The number of hydrogen-bond donors (Lipinski definition) is 0. The zero-order chi connectivity index (χ0) is 22.1. The van der Waals surface area contributed by atoms with E-state index in [4.69, 9.17) is 19.6 Å². The fraction of sp³-hybridized carbons (Fsp3) is 0.0741. The van der Waals surface area contributed by atoms with Crippen molar-refractivity contribution in [3.63, 3.8) is 0 Å². The Morgan fingerprint density at radius 3 is 2.45 bits per heavy atom. The van der Waals surface area contributed by atoms with Gasteiger partial charge in [0, 0.05) is 16.7 Å². The molecule has 0 unspecified atom stereocenters. The maximum atomic E-state index is 13.6. The smallest absolute Gasteiger partial charge is 0.231 e. The molecule has 0 saturated heterocycles. The molecule has 0 saturated carbocycles. The lowest BCUT2D eigenvalue weighted by Gasteiger charge is -2.12. The standard InChI is InChI=1S/C27H17N3O3/c1-15-22-23(16-11-12-20-21(13-16)33-14-32-20)24-25(18-9-5-6-10-19(18)26(24)31)28-27(22)30(29-15)17-7-3-2-4-8-17/h2-13H,14H2,1H3. The molecule has 1 aliphatic heterocycles. The summed E-state index contributed by atoms with van der Waals surface area (Å²) in [5.74, 6) is 1.35. The van der Waals surface area contributed by atoms with Gasteiger partial charge in [0.15, 0.2) is 22.9 Å². The van der Waals surface area contributed by atoms with Crippen LogP contribution in [0, 0.1) is 6.92 Å². The van der Waals surface area contributed by atoms with Gasteiger partial charge in [-0.25, -0.2) is 9.67 Å². The monoisotopic (exact) mass is 431 g/mol. The van der Waals surface area contributed by atoms with E-state index in [9.17, 15) is 4.79 Å². The number of carbonyl (C=O) groups excluding carboxylic acids is 1. The Kier molecular flexibility index (Phi) is 3.59. The molecule has 0 spiro atoms. The van der Waals surface area contributed by atoms with Gasteiger partial charge in [0.05, 0.1) is 28.0 Å². The van der Waals surface area contributed by atoms with Gasteiger partial charge in [0.25, 0.3) is 0 Å². The van der Waals surface area contributed by atoms with Crippen LogP contribution in [0.15, 0.2) is 72.8 Å². The van der Waals surface area contributed by atoms with Crippen LogP contribution >= 0.6 is 0 Å². The summed E-state index contributed by atoms with van der Waals surface area (Å²) in [7, 11) is 0. The summed E-state index contributed by atoms with van der Waals surface area (Å²) in [6, 6.07) is 23.4. The lowest BCUT2D eigenvalue weighted by Crippen LogP contribution is -2.02. The minimum Gasteiger partial charge on any atom is -0.454 e. The highest BCUT2D eigenvalue weighted by Gasteiger charge is 2.34. The van der Waals surface area contributed by atoms with E-state index in [-0.39, 0.29) is 12.6 Å². The summed E-state index contributed by atoms with van der Waals surface area (Å²) in [6.45, 7) is 2.15. The fourth-order valence-electron chi connectivity index (χ4n) is 4.84. The maximum absolute atomic E-state index is 13.6. The molecule has 2 aliphatic rings. The molecule has 33 heavy (non-hydrogen) atoms. The maximum Gasteiger partial charge on any atom is 0.231 e. The van der Waals surface area contributed by atoms with Crippen molar-refractivity contribution in [1.29, 1.82) is 0 Å². The van der Waals surface area contributed by atoms with Crippen molar-refractivity contribution in [3.8, 4) is 39.6 Å². The SMILES string of the molecule is Cc1nn(-c2ccccc2)c2nc3c(c(-c4ccc5c(c4)OCO5)c12)C(=O)c1ccccc1-3. The van der Waals surface area contributed by atoms with Crippen molar-refractivity contribution in [2.45, 2.75) is 6.92 Å². The van der Waals surface area contributed by atoms with Gasteiger partial charge in [0.2, 0.25) is 6.79 Å². The summed E-state index contributed by atoms with van der Waals surface area (Å²) < 4.78 is 13.0. The van der Waals surface area contributed by atoms with Crippen LogP contribution in [0.5, 0.6) is 11.5 Å². The molecule has 5 aromatic rings. The average molecular weight is 431 g/mol. The van der Waals surface area contributed by atoms with Crippen molar-refractivity contribution in [1.82, 2.24) is 14.8 Å². The van der Waals surface area contributed by atoms with Crippen molar-refractivity contribution < 1.29 is 14.3 Å². The van der Waals surface area contributed by atoms with Gasteiger partial charge in [-0.2, -0.15) is 5.10 Å². The summed E-state index contributed by atoms with van der Waals surface area (Å²) >= 11 is 0. The summed E-state index contributed by atoms with van der Waals surface area (Å²) in [4.78, 5) is 18.7. The van der Waals surface area contributed by atoms with E-state index in [0.29, 0.717) is 28.3 Å². The second-order valence-electron chi connectivity index (χ2n) is 8.18. The third-order valence-electron chi connectivity index (χ3n) is 6.31. The molecule has 2 aromatic heterocycles. The van der Waals surface area contributed by atoms with Gasteiger partial charge in [0.1, 0.15) is 0 Å². The largest absolute Gasteiger partial charge is 0.454 e. The van der Waals surface area contributed by atoms with Crippen LogP contribution in [-0.2, 0) is 0 Å². The van der Waals surface area contributed by atoms with Crippen molar-refractivity contribution in [3.05, 3.63) is 89.6 Å². The van der Waals surface area contributed by atoms with E-state index < -0.39 is 0 Å². The number of ether oxygens (including phenoxy) is 2. The van der Waals surface area contributed by atoms with E-state index in [2.05, 4.69) is 0 Å². The Labute approximate surface area is 189 Å². The number of hydrogen-bond acceptors (Lipinski definition) is 5. The molecule has 6 nitrogen and oxygen atoms in total. The summed E-state index contributed by atoms with van der Waals surface area (Å²) in [6.07, 6.45) is 0. The van der Waals surface area contributed by atoms with Gasteiger partial charge in [-0.15, -0.1) is 0 Å². The fourth-order valence-corrected chi connectivity index (χ4v) is 4.84. The van der Waals surface area contributed by atoms with E-state index in [1.165, 1.54) is 0 Å². The van der Waals surface area contributed by atoms with Crippen molar-refractivity contribution in [2.75, 3.05) is 6.79 Å². The molecule has 3 heterocycles. The first-order valence-electron chi connectivity index (χ1n) is 10.7. The Bertz CT molecular complexity index is 1620. The number of rotatable bonds is 2. The number of ketones is 1. The minimum atomic E-state index is -0.0190. The second kappa shape index (κ2) is 6.53. The van der Waals surface area contributed by atoms with Gasteiger partial charge in [-0.1, -0.05) is 48.5 Å². The molecule has 7 rings (SSSR count). The molecule has 6 heteroatoms. The highest BCUT2D eigenvalue weighted by molar-refractivity contribution is 6.26. The Morgan fingerprint density at radius 1 is 0.848 bits per heavy atom. The first-order valence-corrected chi connectivity index (χ1v) is 10.7. The van der Waals surface area contributed by atoms with E-state index >= 15 is 0 Å². The lowest BCUT2D eigenvalue weighted by molar-refractivity contribution is 0.104. The highest BCUT2D eigenvalue weighted by atomic mass is 16.7. The van der Waals surface area contributed by atoms with Gasteiger partial charge < -0.3 is 9.47 Å². The number of para-hydroxylation sites is 1. The Balaban J connectivity index is 1.62. The third kappa shape index (κ3) is 2.46. The molecule has 158 valence electrons. The molecule has 0 radical (unpaired) electrons. The molecule has 0 atom stereocenters. The lowest BCUT2D eigenvalue weighted by atomic mass is 9.94. The minimum absolute atomic E-state index is 0.0190. The molecular formula is C27H17N3O3. The van der Waals surface area contributed by atoms with Crippen LogP contribution in [0.4, 0.5) is 0 Å². The van der Waals surface area contributed by atoms with Crippen LogP contribution in [-0.4, -0.2) is 27.3 Å². The molecule has 1 aliphatic carbocycles. The molecule has 0 amide bonds. The second-order valence-corrected chi connectivity index (χ2v) is 8.18. The van der Waals surface area contributed by atoms with Gasteiger partial charge in [-0.3, -0.25) is 4.79 Å². The van der Waals surface area contributed by atoms with Crippen LogP contribution in [0.1, 0.15) is 21.6 Å². The Hall–Kier alpha value is -4.45. The molecule has 0 N–H and O–H groups in total. The van der Waals surface area contributed by atoms with Gasteiger partial charge in [-0.05, 0) is 36.8 Å². The third-order valence-corrected chi connectivity index (χ3v) is 6.31. The quantitative estimate of drug-likeness (QED) is 0.370. The number of pyridine rings is 1.